The summed E-state index contributed by atoms with van der Waals surface area (Å²) < 4.78 is 24.4. The number of carbonyl (C=O) groups is 1. The maximum atomic E-state index is 12.9. The van der Waals surface area contributed by atoms with E-state index in [1.165, 1.54) is 12.1 Å². The van der Waals surface area contributed by atoms with Crippen molar-refractivity contribution in [3.63, 3.8) is 0 Å². The van der Waals surface area contributed by atoms with Crippen LogP contribution in [-0.2, 0) is 20.7 Å². The summed E-state index contributed by atoms with van der Waals surface area (Å²) in [5.74, 6) is -1.03. The maximum absolute atomic E-state index is 12.9. The van der Waals surface area contributed by atoms with Gasteiger partial charge in [0.25, 0.3) is 0 Å². The smallest absolute Gasteiger partial charge is 0.241 e. The monoisotopic (exact) mass is 294 g/mol. The fourth-order valence-electron chi connectivity index (χ4n) is 2.78. The van der Waals surface area contributed by atoms with E-state index in [9.17, 15) is 9.18 Å². The van der Waals surface area contributed by atoms with Crippen LogP contribution in [-0.4, -0.2) is 55.1 Å². The van der Waals surface area contributed by atoms with Crippen molar-refractivity contribution in [3.05, 3.63) is 35.6 Å². The number of halogens is 1. The van der Waals surface area contributed by atoms with Gasteiger partial charge in [0, 0.05) is 7.05 Å². The quantitative estimate of drug-likeness (QED) is 0.822. The van der Waals surface area contributed by atoms with Gasteiger partial charge in [0.15, 0.2) is 0 Å². The van der Waals surface area contributed by atoms with Gasteiger partial charge in [-0.15, -0.1) is 0 Å². The minimum atomic E-state index is -0.689. The molecule has 1 amide bonds. The van der Waals surface area contributed by atoms with Crippen molar-refractivity contribution >= 4 is 5.91 Å². The van der Waals surface area contributed by atoms with Crippen molar-refractivity contribution in [1.82, 2.24) is 10.0 Å². The molecule has 0 saturated carbocycles. The molecule has 1 aromatic carbocycles. The van der Waals surface area contributed by atoms with Gasteiger partial charge in [0.2, 0.25) is 11.7 Å². The summed E-state index contributed by atoms with van der Waals surface area (Å²) in [4.78, 5) is 12.4. The van der Waals surface area contributed by atoms with Gasteiger partial charge >= 0.3 is 0 Å². The molecule has 21 heavy (non-hydrogen) atoms. The summed E-state index contributed by atoms with van der Waals surface area (Å²) in [5.41, 5.74) is 0.793. The zero-order valence-corrected chi connectivity index (χ0v) is 12.0. The highest BCUT2D eigenvalue weighted by atomic mass is 19.1. The van der Waals surface area contributed by atoms with Gasteiger partial charge in [0.05, 0.1) is 32.7 Å². The third kappa shape index (κ3) is 3.07. The maximum Gasteiger partial charge on any atom is 0.241 e. The van der Waals surface area contributed by atoms with E-state index in [-0.39, 0.29) is 18.1 Å². The lowest BCUT2D eigenvalue weighted by Gasteiger charge is -2.32. The van der Waals surface area contributed by atoms with Crippen molar-refractivity contribution in [1.29, 1.82) is 0 Å². The first-order chi connectivity index (χ1) is 10.1. The van der Waals surface area contributed by atoms with Crippen LogP contribution in [0.1, 0.15) is 12.0 Å². The number of likely N-dealkylation sites (N-methyl/N-ethyl adjacent to an activating group) is 1. The number of benzene rings is 1. The zero-order valence-electron chi connectivity index (χ0n) is 12.0. The zero-order chi connectivity index (χ0) is 14.9. The number of hydrazine groups is 1. The molecule has 3 rings (SSSR count). The van der Waals surface area contributed by atoms with E-state index in [2.05, 4.69) is 0 Å². The number of amides is 1. The Bertz CT molecular complexity index is 514. The molecule has 0 bridgehead atoms. The van der Waals surface area contributed by atoms with Crippen LogP contribution in [0, 0.1) is 5.82 Å². The molecule has 2 fully saturated rings. The van der Waals surface area contributed by atoms with E-state index >= 15 is 0 Å². The van der Waals surface area contributed by atoms with Gasteiger partial charge in [-0.2, -0.15) is 0 Å². The minimum absolute atomic E-state index is 0.0428. The Hall–Kier alpha value is -1.50. The standard InChI is InChI=1S/C15H19FN2O3/c1-17-10-15(20-7-2-8-21-15)11-18(17)14(19)9-12-3-5-13(16)6-4-12/h3-6H,2,7-11H2,1H3. The normalized spacial score (nSPS) is 21.9. The number of nitrogens with zero attached hydrogens (tertiary/aromatic N) is 2. The molecular weight excluding hydrogens is 275 g/mol. The summed E-state index contributed by atoms with van der Waals surface area (Å²) >= 11 is 0. The fourth-order valence-corrected chi connectivity index (χ4v) is 2.78. The fraction of sp³-hybridized carbons (Fsp3) is 0.533. The topological polar surface area (TPSA) is 42.0 Å². The SMILES string of the molecule is CN1CC2(CN1C(=O)Cc1ccc(F)cc1)OCCCO2. The lowest BCUT2D eigenvalue weighted by molar-refractivity contribution is -0.251. The molecule has 2 aliphatic heterocycles. The predicted molar refractivity (Wildman–Crippen MR) is 73.7 cm³/mol. The second-order valence-electron chi connectivity index (χ2n) is 5.53. The van der Waals surface area contributed by atoms with Crippen LogP contribution in [0.4, 0.5) is 4.39 Å². The first-order valence-corrected chi connectivity index (χ1v) is 7.12. The molecule has 0 unspecified atom stereocenters. The first-order valence-electron chi connectivity index (χ1n) is 7.12. The van der Waals surface area contributed by atoms with E-state index in [4.69, 9.17) is 9.47 Å². The Morgan fingerprint density at radius 2 is 1.90 bits per heavy atom. The molecule has 0 aromatic heterocycles. The molecule has 2 saturated heterocycles. The largest absolute Gasteiger partial charge is 0.347 e. The van der Waals surface area contributed by atoms with E-state index in [1.807, 2.05) is 12.1 Å². The van der Waals surface area contributed by atoms with E-state index in [0.717, 1.165) is 12.0 Å². The van der Waals surface area contributed by atoms with Crippen molar-refractivity contribution in [2.24, 2.45) is 0 Å². The van der Waals surface area contributed by atoms with Crippen LogP contribution in [0.3, 0.4) is 0 Å². The highest BCUT2D eigenvalue weighted by Crippen LogP contribution is 2.28. The summed E-state index contributed by atoms with van der Waals surface area (Å²) in [5, 5.41) is 3.48. The van der Waals surface area contributed by atoms with Gasteiger partial charge < -0.3 is 9.47 Å². The third-order valence-corrected chi connectivity index (χ3v) is 3.85. The van der Waals surface area contributed by atoms with Gasteiger partial charge in [0.1, 0.15) is 5.82 Å². The third-order valence-electron chi connectivity index (χ3n) is 3.85. The Kier molecular flexibility index (Phi) is 3.93. The summed E-state index contributed by atoms with van der Waals surface area (Å²) in [6, 6.07) is 6.00. The predicted octanol–water partition coefficient (Wildman–Crippen LogP) is 1.19. The highest BCUT2D eigenvalue weighted by molar-refractivity contribution is 5.78. The molecule has 1 spiro atoms. The Labute approximate surface area is 123 Å². The second kappa shape index (κ2) is 5.71. The average molecular weight is 294 g/mol. The van der Waals surface area contributed by atoms with Gasteiger partial charge in [-0.25, -0.2) is 9.40 Å². The van der Waals surface area contributed by atoms with E-state index < -0.39 is 5.79 Å². The molecular formula is C15H19FN2O3. The molecule has 1 aromatic rings. The molecule has 2 aliphatic rings. The van der Waals surface area contributed by atoms with Crippen molar-refractivity contribution < 1.29 is 18.7 Å². The summed E-state index contributed by atoms with van der Waals surface area (Å²) in [6.07, 6.45) is 1.12. The highest BCUT2D eigenvalue weighted by Gasteiger charge is 2.46. The van der Waals surface area contributed by atoms with Crippen LogP contribution in [0.5, 0.6) is 0 Å². The van der Waals surface area contributed by atoms with Crippen molar-refractivity contribution in [3.8, 4) is 0 Å². The van der Waals surface area contributed by atoms with Crippen molar-refractivity contribution in [2.75, 3.05) is 33.4 Å². The van der Waals surface area contributed by atoms with Crippen LogP contribution in [0.15, 0.2) is 24.3 Å². The molecule has 5 nitrogen and oxygen atoms in total. The molecule has 0 radical (unpaired) electrons. The Morgan fingerprint density at radius 3 is 2.57 bits per heavy atom. The van der Waals surface area contributed by atoms with Gasteiger partial charge in [-0.3, -0.25) is 9.80 Å². The number of hydrogen-bond donors (Lipinski definition) is 0. The Balaban J connectivity index is 1.66. The Morgan fingerprint density at radius 1 is 1.24 bits per heavy atom. The van der Waals surface area contributed by atoms with E-state index in [1.54, 1.807) is 17.1 Å². The molecule has 0 atom stereocenters. The van der Waals surface area contributed by atoms with Crippen LogP contribution in [0.2, 0.25) is 0 Å². The second-order valence-corrected chi connectivity index (χ2v) is 5.53. The van der Waals surface area contributed by atoms with Crippen molar-refractivity contribution in [2.45, 2.75) is 18.6 Å². The average Bonchev–Trinajstić information content (AvgIpc) is 2.78. The number of carbonyl (C=O) groups excluding carboxylic acids is 1. The number of rotatable bonds is 2. The lowest BCUT2D eigenvalue weighted by Crippen LogP contribution is -2.46. The first kappa shape index (κ1) is 14.4. The van der Waals surface area contributed by atoms with Crippen LogP contribution in [0.25, 0.3) is 0 Å². The molecule has 0 aliphatic carbocycles. The van der Waals surface area contributed by atoms with E-state index in [0.29, 0.717) is 26.3 Å². The summed E-state index contributed by atoms with van der Waals surface area (Å²) in [7, 11) is 1.85. The summed E-state index contributed by atoms with van der Waals surface area (Å²) in [6.45, 7) is 2.27. The molecule has 114 valence electrons. The van der Waals surface area contributed by atoms with Gasteiger partial charge in [-0.05, 0) is 24.1 Å². The van der Waals surface area contributed by atoms with Crippen LogP contribution < -0.4 is 0 Å². The number of hydrogen-bond acceptors (Lipinski definition) is 4. The lowest BCUT2D eigenvalue weighted by atomic mass is 10.1. The minimum Gasteiger partial charge on any atom is -0.347 e. The molecule has 6 heteroatoms. The van der Waals surface area contributed by atoms with Gasteiger partial charge in [-0.1, -0.05) is 12.1 Å². The molecule has 0 N–H and O–H groups in total. The number of ether oxygens (including phenoxy) is 2. The van der Waals surface area contributed by atoms with Crippen LogP contribution >= 0.6 is 0 Å². The molecule has 2 heterocycles.